The van der Waals surface area contributed by atoms with Crippen molar-refractivity contribution in [2.45, 2.75) is 20.4 Å². The van der Waals surface area contributed by atoms with Gasteiger partial charge in [-0.25, -0.2) is 4.98 Å². The van der Waals surface area contributed by atoms with Crippen molar-refractivity contribution < 1.29 is 0 Å². The summed E-state index contributed by atoms with van der Waals surface area (Å²) in [5.74, 6) is 0. The number of anilines is 1. The maximum atomic E-state index is 4.45. The topological polar surface area (TPSA) is 24.9 Å². The summed E-state index contributed by atoms with van der Waals surface area (Å²) >= 11 is 5.23. The van der Waals surface area contributed by atoms with E-state index in [1.807, 2.05) is 19.1 Å². The summed E-state index contributed by atoms with van der Waals surface area (Å²) in [5, 5.41) is 4.33. The lowest BCUT2D eigenvalue weighted by molar-refractivity contribution is 1.11. The fourth-order valence-corrected chi connectivity index (χ4v) is 2.60. The largest absolute Gasteiger partial charge is 0.357 e. The molecule has 2 nitrogen and oxygen atoms in total. The fraction of sp³-hybridized carbons (Fsp3) is 0.250. The van der Waals surface area contributed by atoms with Crippen LogP contribution in [0.25, 0.3) is 0 Å². The molecule has 0 atom stereocenters. The Kier molecular flexibility index (Phi) is 3.61. The number of hydrogen-bond acceptors (Lipinski definition) is 3. The van der Waals surface area contributed by atoms with Crippen LogP contribution in [0.4, 0.5) is 5.13 Å². The van der Waals surface area contributed by atoms with Gasteiger partial charge in [0.2, 0.25) is 0 Å². The van der Waals surface area contributed by atoms with E-state index in [0.29, 0.717) is 0 Å². The second kappa shape index (κ2) is 4.97. The van der Waals surface area contributed by atoms with Crippen molar-refractivity contribution in [2.24, 2.45) is 0 Å². The molecule has 0 saturated carbocycles. The zero-order valence-corrected chi connectivity index (χ0v) is 11.7. The number of aryl methyl sites for hydroxylation is 2. The molecule has 0 radical (unpaired) electrons. The second-order valence-electron chi connectivity index (χ2n) is 3.61. The third-order valence-corrected chi connectivity index (χ3v) is 4.22. The molecular formula is C12H13BrN2S. The van der Waals surface area contributed by atoms with Crippen molar-refractivity contribution in [1.82, 2.24) is 4.98 Å². The van der Waals surface area contributed by atoms with Gasteiger partial charge >= 0.3 is 0 Å². The molecule has 0 unspecified atom stereocenters. The van der Waals surface area contributed by atoms with Gasteiger partial charge in [0.15, 0.2) is 5.13 Å². The SMILES string of the molecule is Cc1nc(NCc2ccccc2Br)sc1C. The maximum absolute atomic E-state index is 4.45. The number of nitrogens with one attached hydrogen (secondary N) is 1. The van der Waals surface area contributed by atoms with Crippen molar-refractivity contribution in [2.75, 3.05) is 5.32 Å². The molecule has 2 rings (SSSR count). The lowest BCUT2D eigenvalue weighted by Crippen LogP contribution is -1.99. The molecule has 1 heterocycles. The number of hydrogen-bond donors (Lipinski definition) is 1. The first-order valence-corrected chi connectivity index (χ1v) is 6.69. The molecule has 2 aromatic rings. The molecule has 0 aliphatic heterocycles. The molecule has 0 aliphatic carbocycles. The van der Waals surface area contributed by atoms with Crippen LogP contribution in [0.3, 0.4) is 0 Å². The molecule has 1 aromatic heterocycles. The predicted molar refractivity (Wildman–Crippen MR) is 73.1 cm³/mol. The van der Waals surface area contributed by atoms with E-state index in [1.165, 1.54) is 10.4 Å². The van der Waals surface area contributed by atoms with Crippen LogP contribution in [0.15, 0.2) is 28.7 Å². The first-order valence-electron chi connectivity index (χ1n) is 5.08. The average Bonchev–Trinajstić information content (AvgIpc) is 2.57. The summed E-state index contributed by atoms with van der Waals surface area (Å²) < 4.78 is 1.13. The number of aromatic nitrogens is 1. The standard InChI is InChI=1S/C12H13BrN2S/c1-8-9(2)16-12(15-8)14-7-10-5-3-4-6-11(10)13/h3-6H,7H2,1-2H3,(H,14,15). The van der Waals surface area contributed by atoms with Crippen molar-refractivity contribution in [3.63, 3.8) is 0 Å². The van der Waals surface area contributed by atoms with Crippen LogP contribution in [0, 0.1) is 13.8 Å². The number of rotatable bonds is 3. The van der Waals surface area contributed by atoms with Crippen molar-refractivity contribution in [3.05, 3.63) is 44.9 Å². The highest BCUT2D eigenvalue weighted by atomic mass is 79.9. The van der Waals surface area contributed by atoms with Gasteiger partial charge in [-0.05, 0) is 25.5 Å². The number of nitrogens with zero attached hydrogens (tertiary/aromatic N) is 1. The van der Waals surface area contributed by atoms with E-state index < -0.39 is 0 Å². The molecule has 0 saturated heterocycles. The molecule has 0 bridgehead atoms. The van der Waals surface area contributed by atoms with E-state index in [1.54, 1.807) is 11.3 Å². The van der Waals surface area contributed by atoms with Gasteiger partial charge in [0.1, 0.15) is 0 Å². The highest BCUT2D eigenvalue weighted by molar-refractivity contribution is 9.10. The normalized spacial score (nSPS) is 10.4. The fourth-order valence-electron chi connectivity index (χ4n) is 1.36. The summed E-state index contributed by atoms with van der Waals surface area (Å²) in [6, 6.07) is 8.21. The minimum atomic E-state index is 0.799. The van der Waals surface area contributed by atoms with E-state index in [2.05, 4.69) is 45.3 Å². The summed E-state index contributed by atoms with van der Waals surface area (Å²) in [5.41, 5.74) is 2.35. The Labute approximate surface area is 108 Å². The molecular weight excluding hydrogens is 284 g/mol. The molecule has 0 fully saturated rings. The minimum Gasteiger partial charge on any atom is -0.357 e. The van der Waals surface area contributed by atoms with E-state index in [-0.39, 0.29) is 0 Å². The lowest BCUT2D eigenvalue weighted by Gasteiger charge is -2.04. The Morgan fingerprint density at radius 2 is 2.06 bits per heavy atom. The predicted octanol–water partition coefficient (Wildman–Crippen LogP) is 4.13. The third kappa shape index (κ3) is 2.62. The quantitative estimate of drug-likeness (QED) is 0.921. The number of thiazole rings is 1. The van der Waals surface area contributed by atoms with Gasteiger partial charge in [0.25, 0.3) is 0 Å². The Bertz CT molecular complexity index is 474. The number of benzene rings is 1. The summed E-state index contributed by atoms with van der Waals surface area (Å²) in [6.45, 7) is 4.93. The van der Waals surface area contributed by atoms with Crippen LogP contribution in [-0.2, 0) is 6.54 Å². The highest BCUT2D eigenvalue weighted by Crippen LogP contribution is 2.23. The molecule has 16 heavy (non-hydrogen) atoms. The third-order valence-electron chi connectivity index (χ3n) is 2.42. The van der Waals surface area contributed by atoms with Gasteiger partial charge in [0, 0.05) is 15.9 Å². The van der Waals surface area contributed by atoms with Crippen molar-refractivity contribution in [3.8, 4) is 0 Å². The Morgan fingerprint density at radius 3 is 2.69 bits per heavy atom. The van der Waals surface area contributed by atoms with Crippen LogP contribution in [-0.4, -0.2) is 4.98 Å². The summed E-state index contributed by atoms with van der Waals surface area (Å²) in [6.07, 6.45) is 0. The Morgan fingerprint density at radius 1 is 1.31 bits per heavy atom. The molecule has 1 N–H and O–H groups in total. The van der Waals surface area contributed by atoms with Gasteiger partial charge < -0.3 is 5.32 Å². The smallest absolute Gasteiger partial charge is 0.183 e. The molecule has 0 amide bonds. The van der Waals surface area contributed by atoms with E-state index in [4.69, 9.17) is 0 Å². The summed E-state index contributed by atoms with van der Waals surface area (Å²) in [4.78, 5) is 5.72. The van der Waals surface area contributed by atoms with Crippen molar-refractivity contribution in [1.29, 1.82) is 0 Å². The van der Waals surface area contributed by atoms with E-state index in [0.717, 1.165) is 21.8 Å². The van der Waals surface area contributed by atoms with Crippen molar-refractivity contribution >= 4 is 32.4 Å². The van der Waals surface area contributed by atoms with Crippen LogP contribution in [0.2, 0.25) is 0 Å². The van der Waals surface area contributed by atoms with Gasteiger partial charge in [-0.2, -0.15) is 0 Å². The summed E-state index contributed by atoms with van der Waals surface area (Å²) in [7, 11) is 0. The Hall–Kier alpha value is -0.870. The monoisotopic (exact) mass is 296 g/mol. The zero-order chi connectivity index (χ0) is 11.5. The molecule has 0 spiro atoms. The van der Waals surface area contributed by atoms with Crippen LogP contribution in [0.1, 0.15) is 16.1 Å². The Balaban J connectivity index is 2.05. The second-order valence-corrected chi connectivity index (χ2v) is 5.66. The molecule has 84 valence electrons. The van der Waals surface area contributed by atoms with Gasteiger partial charge in [-0.15, -0.1) is 11.3 Å². The molecule has 4 heteroatoms. The van der Waals surface area contributed by atoms with E-state index >= 15 is 0 Å². The minimum absolute atomic E-state index is 0.799. The lowest BCUT2D eigenvalue weighted by atomic mass is 10.2. The zero-order valence-electron chi connectivity index (χ0n) is 9.25. The van der Waals surface area contributed by atoms with E-state index in [9.17, 15) is 0 Å². The first-order chi connectivity index (χ1) is 7.66. The highest BCUT2D eigenvalue weighted by Gasteiger charge is 2.03. The van der Waals surface area contributed by atoms with Crippen LogP contribution in [0.5, 0.6) is 0 Å². The average molecular weight is 297 g/mol. The molecule has 1 aromatic carbocycles. The van der Waals surface area contributed by atoms with Crippen LogP contribution >= 0.6 is 27.3 Å². The van der Waals surface area contributed by atoms with Gasteiger partial charge in [0.05, 0.1) is 5.69 Å². The molecule has 0 aliphatic rings. The van der Waals surface area contributed by atoms with Gasteiger partial charge in [-0.1, -0.05) is 34.1 Å². The number of halogens is 1. The maximum Gasteiger partial charge on any atom is 0.183 e. The van der Waals surface area contributed by atoms with Gasteiger partial charge in [-0.3, -0.25) is 0 Å². The first kappa shape index (κ1) is 11.6. The van der Waals surface area contributed by atoms with Crippen LogP contribution < -0.4 is 5.32 Å².